The second-order valence-electron chi connectivity index (χ2n) is 9.18. The highest BCUT2D eigenvalue weighted by Gasteiger charge is 2.06. The zero-order valence-corrected chi connectivity index (χ0v) is 20.3. The van der Waals surface area contributed by atoms with E-state index in [1.807, 2.05) is 0 Å². The maximum Gasteiger partial charge on any atom is -0.0196 e. The maximum atomic E-state index is 2.58. The van der Waals surface area contributed by atoms with Gasteiger partial charge in [-0.2, -0.15) is 0 Å². The van der Waals surface area contributed by atoms with Crippen molar-refractivity contribution in [1.82, 2.24) is 0 Å². The Morgan fingerprint density at radius 1 is 0.655 bits per heavy atom. The van der Waals surface area contributed by atoms with E-state index >= 15 is 0 Å². The Morgan fingerprint density at radius 2 is 1.17 bits per heavy atom. The van der Waals surface area contributed by atoms with Crippen LogP contribution in [0.4, 0.5) is 0 Å². The van der Waals surface area contributed by atoms with Crippen molar-refractivity contribution in [1.29, 1.82) is 0 Å². The molecule has 29 heavy (non-hydrogen) atoms. The predicted molar refractivity (Wildman–Crippen MR) is 134 cm³/mol. The first-order valence-corrected chi connectivity index (χ1v) is 13.0. The summed E-state index contributed by atoms with van der Waals surface area (Å²) in [5.74, 6) is 0. The SMILES string of the molecule is CCCCCCCCCC=C(CCCCCCCCCC)c1cc(C)ccc1C. The zero-order chi connectivity index (χ0) is 21.2. The highest BCUT2D eigenvalue weighted by molar-refractivity contribution is 5.68. The number of benzene rings is 1. The molecule has 0 aliphatic rings. The van der Waals surface area contributed by atoms with Crippen molar-refractivity contribution in [3.63, 3.8) is 0 Å². The smallest absolute Gasteiger partial charge is 0.0196 e. The topological polar surface area (TPSA) is 0 Å². The fourth-order valence-electron chi connectivity index (χ4n) is 4.26. The summed E-state index contributed by atoms with van der Waals surface area (Å²) in [5, 5.41) is 0. The fourth-order valence-corrected chi connectivity index (χ4v) is 4.26. The number of allylic oxidation sites excluding steroid dienone is 2. The lowest BCUT2D eigenvalue weighted by Gasteiger charge is -2.13. The number of unbranched alkanes of at least 4 members (excludes halogenated alkanes) is 14. The lowest BCUT2D eigenvalue weighted by molar-refractivity contribution is 0.578. The third-order valence-electron chi connectivity index (χ3n) is 6.24. The van der Waals surface area contributed by atoms with Crippen molar-refractivity contribution in [3.05, 3.63) is 41.0 Å². The molecule has 0 aromatic heterocycles. The normalized spacial score (nSPS) is 11.9. The minimum atomic E-state index is 1.26. The van der Waals surface area contributed by atoms with Gasteiger partial charge in [0.2, 0.25) is 0 Å². The van der Waals surface area contributed by atoms with Gasteiger partial charge in [-0.1, -0.05) is 127 Å². The summed E-state index contributed by atoms with van der Waals surface area (Å²) in [6, 6.07) is 6.97. The Kier molecular flexibility index (Phi) is 15.9. The first kappa shape index (κ1) is 26.0. The molecule has 0 N–H and O–H groups in total. The largest absolute Gasteiger partial charge is 0.0807 e. The molecule has 0 saturated heterocycles. The minimum Gasteiger partial charge on any atom is -0.0807 e. The molecule has 0 radical (unpaired) electrons. The lowest BCUT2D eigenvalue weighted by Crippen LogP contribution is -1.92. The molecule has 0 nitrogen and oxygen atoms in total. The highest BCUT2D eigenvalue weighted by Crippen LogP contribution is 2.27. The van der Waals surface area contributed by atoms with E-state index in [9.17, 15) is 0 Å². The first-order chi connectivity index (χ1) is 14.2. The molecule has 0 saturated carbocycles. The number of hydrogen-bond acceptors (Lipinski definition) is 0. The molecule has 0 atom stereocenters. The predicted octanol–water partition coefficient (Wildman–Crippen LogP) is 10.4. The van der Waals surface area contributed by atoms with Crippen LogP contribution in [0.5, 0.6) is 0 Å². The molecule has 0 unspecified atom stereocenters. The molecule has 1 rings (SSSR count). The van der Waals surface area contributed by atoms with Gasteiger partial charge in [-0.05, 0) is 56.2 Å². The monoisotopic (exact) mass is 398 g/mol. The van der Waals surface area contributed by atoms with Gasteiger partial charge in [0.1, 0.15) is 0 Å². The molecular formula is C29H50. The Labute approximate surface area is 183 Å². The van der Waals surface area contributed by atoms with Crippen molar-refractivity contribution in [2.75, 3.05) is 0 Å². The van der Waals surface area contributed by atoms with Gasteiger partial charge >= 0.3 is 0 Å². The summed E-state index contributed by atoms with van der Waals surface area (Å²) in [7, 11) is 0. The summed E-state index contributed by atoms with van der Waals surface area (Å²) in [4.78, 5) is 0. The molecule has 0 aliphatic carbocycles. The summed E-state index contributed by atoms with van der Waals surface area (Å²) in [5.41, 5.74) is 5.96. The van der Waals surface area contributed by atoms with E-state index in [1.165, 1.54) is 126 Å². The third-order valence-corrected chi connectivity index (χ3v) is 6.24. The molecule has 166 valence electrons. The van der Waals surface area contributed by atoms with E-state index in [1.54, 1.807) is 5.57 Å². The minimum absolute atomic E-state index is 1.26. The van der Waals surface area contributed by atoms with Crippen molar-refractivity contribution in [2.24, 2.45) is 0 Å². The van der Waals surface area contributed by atoms with Gasteiger partial charge in [0.05, 0.1) is 0 Å². The standard InChI is InChI=1S/C29H50/c1-5-7-9-11-13-15-17-19-21-28(29-25-26(3)23-24-27(29)4)22-20-18-16-14-12-10-8-6-2/h21,23-25H,5-20,22H2,1-4H3. The van der Waals surface area contributed by atoms with Crippen LogP contribution in [0.15, 0.2) is 24.3 Å². The van der Waals surface area contributed by atoms with Crippen LogP contribution in [0.25, 0.3) is 5.57 Å². The van der Waals surface area contributed by atoms with E-state index in [-0.39, 0.29) is 0 Å². The van der Waals surface area contributed by atoms with Gasteiger partial charge in [-0.3, -0.25) is 0 Å². The summed E-state index contributed by atoms with van der Waals surface area (Å²) >= 11 is 0. The van der Waals surface area contributed by atoms with Crippen LogP contribution in [0, 0.1) is 13.8 Å². The van der Waals surface area contributed by atoms with Gasteiger partial charge in [-0.15, -0.1) is 0 Å². The van der Waals surface area contributed by atoms with Crippen LogP contribution < -0.4 is 0 Å². The van der Waals surface area contributed by atoms with E-state index < -0.39 is 0 Å². The Balaban J connectivity index is 2.44. The van der Waals surface area contributed by atoms with Gasteiger partial charge in [0.15, 0.2) is 0 Å². The van der Waals surface area contributed by atoms with Crippen molar-refractivity contribution in [3.8, 4) is 0 Å². The van der Waals surface area contributed by atoms with Crippen LogP contribution in [0.1, 0.15) is 140 Å². The summed E-state index contributed by atoms with van der Waals surface area (Å²) < 4.78 is 0. The average Bonchev–Trinajstić information content (AvgIpc) is 2.72. The van der Waals surface area contributed by atoms with Crippen LogP contribution in [0.2, 0.25) is 0 Å². The number of hydrogen-bond donors (Lipinski definition) is 0. The molecule has 1 aromatic rings. The third kappa shape index (κ3) is 13.0. The maximum absolute atomic E-state index is 2.58. The molecule has 0 aliphatic heterocycles. The lowest BCUT2D eigenvalue weighted by atomic mass is 9.93. The first-order valence-electron chi connectivity index (χ1n) is 13.0. The van der Waals surface area contributed by atoms with Crippen LogP contribution in [-0.2, 0) is 0 Å². The van der Waals surface area contributed by atoms with E-state index in [0.29, 0.717) is 0 Å². The average molecular weight is 399 g/mol. The Morgan fingerprint density at radius 3 is 1.76 bits per heavy atom. The summed E-state index contributed by atoms with van der Waals surface area (Å²) in [6.45, 7) is 9.11. The molecule has 0 bridgehead atoms. The molecule has 0 fully saturated rings. The van der Waals surface area contributed by atoms with Gasteiger partial charge in [-0.25, -0.2) is 0 Å². The molecule has 0 amide bonds. The molecule has 0 heteroatoms. The zero-order valence-electron chi connectivity index (χ0n) is 20.3. The Bertz CT molecular complexity index is 537. The van der Waals surface area contributed by atoms with Crippen LogP contribution in [-0.4, -0.2) is 0 Å². The second-order valence-corrected chi connectivity index (χ2v) is 9.18. The molecule has 0 spiro atoms. The molecular weight excluding hydrogens is 348 g/mol. The van der Waals surface area contributed by atoms with Crippen molar-refractivity contribution >= 4 is 5.57 Å². The van der Waals surface area contributed by atoms with Crippen molar-refractivity contribution in [2.45, 2.75) is 137 Å². The van der Waals surface area contributed by atoms with Gasteiger partial charge < -0.3 is 0 Å². The second kappa shape index (κ2) is 17.8. The summed E-state index contributed by atoms with van der Waals surface area (Å²) in [6.07, 6.45) is 26.1. The van der Waals surface area contributed by atoms with Crippen LogP contribution >= 0.6 is 0 Å². The van der Waals surface area contributed by atoms with E-state index in [4.69, 9.17) is 0 Å². The highest BCUT2D eigenvalue weighted by atomic mass is 14.1. The van der Waals surface area contributed by atoms with Crippen molar-refractivity contribution < 1.29 is 0 Å². The van der Waals surface area contributed by atoms with Gasteiger partial charge in [0.25, 0.3) is 0 Å². The quantitative estimate of drug-likeness (QED) is 0.216. The fraction of sp³-hybridized carbons (Fsp3) is 0.724. The molecule has 1 aromatic carbocycles. The Hall–Kier alpha value is -1.04. The number of rotatable bonds is 18. The van der Waals surface area contributed by atoms with Crippen LogP contribution in [0.3, 0.4) is 0 Å². The molecule has 0 heterocycles. The van der Waals surface area contributed by atoms with Gasteiger partial charge in [0, 0.05) is 0 Å². The van der Waals surface area contributed by atoms with E-state index in [2.05, 4.69) is 52.0 Å². The van der Waals surface area contributed by atoms with E-state index in [0.717, 1.165) is 0 Å². The number of aryl methyl sites for hydroxylation is 2.